The van der Waals surface area contributed by atoms with Gasteiger partial charge in [-0.1, -0.05) is 24.3 Å². The van der Waals surface area contributed by atoms with E-state index in [-0.39, 0.29) is 12.2 Å². The molecule has 1 heterocycles. The van der Waals surface area contributed by atoms with Gasteiger partial charge in [-0.05, 0) is 43.3 Å². The Balaban J connectivity index is 1.62. The van der Waals surface area contributed by atoms with E-state index in [1.165, 1.54) is 13.1 Å². The molecule has 10 heteroatoms. The molecule has 0 saturated carbocycles. The van der Waals surface area contributed by atoms with Crippen molar-refractivity contribution >= 4 is 22.3 Å². The van der Waals surface area contributed by atoms with Crippen molar-refractivity contribution < 1.29 is 27.1 Å². The summed E-state index contributed by atoms with van der Waals surface area (Å²) < 4.78 is 71.7. The summed E-state index contributed by atoms with van der Waals surface area (Å²) in [4.78, 5) is 0.960. The van der Waals surface area contributed by atoms with Gasteiger partial charge in [0.25, 0.3) is 0 Å². The molecule has 3 aromatic carbocycles. The number of benzene rings is 3. The van der Waals surface area contributed by atoms with Crippen LogP contribution in [0, 0.1) is 11.6 Å². The van der Waals surface area contributed by atoms with Crippen LogP contribution in [0.15, 0.2) is 72.9 Å². The summed E-state index contributed by atoms with van der Waals surface area (Å²) in [5.41, 5.74) is -1.84. The summed E-state index contributed by atoms with van der Waals surface area (Å²) in [5.74, 6) is -1.68. The van der Waals surface area contributed by atoms with Gasteiger partial charge >= 0.3 is 6.18 Å². The van der Waals surface area contributed by atoms with Crippen LogP contribution >= 0.6 is 0 Å². The van der Waals surface area contributed by atoms with E-state index in [1.54, 1.807) is 22.9 Å². The lowest BCUT2D eigenvalue weighted by Crippen LogP contribution is -2.58. The molecule has 0 aliphatic heterocycles. The summed E-state index contributed by atoms with van der Waals surface area (Å²) in [7, 11) is 0. The molecule has 0 aliphatic carbocycles. The van der Waals surface area contributed by atoms with E-state index in [4.69, 9.17) is 0 Å². The topological polar surface area (TPSA) is 53.3 Å². The monoisotopic (exact) mass is 490 g/mol. The van der Waals surface area contributed by atoms with Crippen molar-refractivity contribution in [1.29, 1.82) is 0 Å². The van der Waals surface area contributed by atoms with Gasteiger partial charge in [-0.3, -0.25) is 0 Å². The fraction of sp³-hybridized carbons (Fsp3) is 0.240. The predicted molar refractivity (Wildman–Crippen MR) is 125 cm³/mol. The fourth-order valence-corrected chi connectivity index (χ4v) is 3.88. The minimum absolute atomic E-state index is 0.0851. The predicted octanol–water partition coefficient (Wildman–Crippen LogP) is 5.54. The Morgan fingerprint density at radius 2 is 1.74 bits per heavy atom. The number of nitrogens with zero attached hydrogens (tertiary/aromatic N) is 3. The smallest absolute Gasteiger partial charge is 0.381 e. The summed E-state index contributed by atoms with van der Waals surface area (Å²) in [6.07, 6.45) is -3.53. The van der Waals surface area contributed by atoms with E-state index in [1.807, 2.05) is 30.3 Å². The number of halogens is 5. The standard InChI is InChI=1S/C25H23F5N4O/c1-2-33(23-13-17(26)11-12-20(23)27)16-24(35,25(28,29)30)15-31-21-9-6-10-22-19(21)14-32-34(22)18-7-4-3-5-8-18/h3-14,31,35H,2,15-16H2,1H3. The highest BCUT2D eigenvalue weighted by Crippen LogP contribution is 2.34. The largest absolute Gasteiger partial charge is 0.420 e. The van der Waals surface area contributed by atoms with Gasteiger partial charge in [0.2, 0.25) is 0 Å². The Morgan fingerprint density at radius 1 is 1.00 bits per heavy atom. The Bertz CT molecular complexity index is 1310. The second kappa shape index (κ2) is 9.53. The Labute approximate surface area is 198 Å². The van der Waals surface area contributed by atoms with Crippen LogP contribution in [0.25, 0.3) is 16.6 Å². The molecule has 2 N–H and O–H groups in total. The first-order valence-electron chi connectivity index (χ1n) is 10.9. The molecule has 5 nitrogen and oxygen atoms in total. The molecule has 0 saturated heterocycles. The van der Waals surface area contributed by atoms with Crippen molar-refractivity contribution in [2.75, 3.05) is 29.9 Å². The van der Waals surface area contributed by atoms with E-state index in [0.717, 1.165) is 28.8 Å². The number of fused-ring (bicyclic) bond motifs is 1. The summed E-state index contributed by atoms with van der Waals surface area (Å²) in [5, 5.41) is 18.3. The van der Waals surface area contributed by atoms with Crippen LogP contribution in [0.1, 0.15) is 6.92 Å². The van der Waals surface area contributed by atoms with Gasteiger partial charge in [0.15, 0.2) is 5.60 Å². The van der Waals surface area contributed by atoms with Gasteiger partial charge in [0.1, 0.15) is 11.6 Å². The van der Waals surface area contributed by atoms with E-state index in [0.29, 0.717) is 16.6 Å². The van der Waals surface area contributed by atoms with Crippen molar-refractivity contribution in [2.24, 2.45) is 0 Å². The van der Waals surface area contributed by atoms with Crippen molar-refractivity contribution in [3.63, 3.8) is 0 Å². The number of aliphatic hydroxyl groups is 1. The van der Waals surface area contributed by atoms with Gasteiger partial charge in [-0.25, -0.2) is 13.5 Å². The van der Waals surface area contributed by atoms with Crippen LogP contribution in [0.2, 0.25) is 0 Å². The van der Waals surface area contributed by atoms with Gasteiger partial charge in [0.05, 0.1) is 36.2 Å². The first-order valence-corrected chi connectivity index (χ1v) is 10.9. The number of hydrogen-bond donors (Lipinski definition) is 2. The highest BCUT2D eigenvalue weighted by molar-refractivity contribution is 5.92. The molecule has 0 spiro atoms. The maximum Gasteiger partial charge on any atom is 0.420 e. The fourth-order valence-electron chi connectivity index (χ4n) is 3.88. The molecule has 184 valence electrons. The zero-order valence-corrected chi connectivity index (χ0v) is 18.7. The molecule has 0 fully saturated rings. The normalized spacial score (nSPS) is 13.6. The molecule has 4 aromatic rings. The van der Waals surface area contributed by atoms with Crippen molar-refractivity contribution in [1.82, 2.24) is 9.78 Å². The number of hydrogen-bond acceptors (Lipinski definition) is 4. The lowest BCUT2D eigenvalue weighted by atomic mass is 10.0. The highest BCUT2D eigenvalue weighted by atomic mass is 19.4. The van der Waals surface area contributed by atoms with Crippen LogP contribution in [-0.2, 0) is 0 Å². The van der Waals surface area contributed by atoms with Gasteiger partial charge in [0, 0.05) is 23.7 Å². The second-order valence-corrected chi connectivity index (χ2v) is 8.12. The van der Waals surface area contributed by atoms with Crippen molar-refractivity contribution in [3.05, 3.63) is 84.6 Å². The van der Waals surface area contributed by atoms with Crippen LogP contribution in [-0.4, -0.2) is 46.3 Å². The number of para-hydroxylation sites is 1. The Kier molecular flexibility index (Phi) is 6.66. The maximum atomic E-state index is 14.2. The molecule has 35 heavy (non-hydrogen) atoms. The molecular weight excluding hydrogens is 467 g/mol. The number of likely N-dealkylation sites (N-methyl/N-ethyl adjacent to an activating group) is 1. The molecule has 0 amide bonds. The summed E-state index contributed by atoms with van der Waals surface area (Å²) in [6.45, 7) is -0.509. The third kappa shape index (κ3) is 4.93. The zero-order valence-electron chi connectivity index (χ0n) is 18.7. The third-order valence-electron chi connectivity index (χ3n) is 5.80. The third-order valence-corrected chi connectivity index (χ3v) is 5.80. The molecule has 1 aromatic heterocycles. The minimum Gasteiger partial charge on any atom is -0.381 e. The molecule has 0 radical (unpaired) electrons. The van der Waals surface area contributed by atoms with Gasteiger partial charge in [-0.15, -0.1) is 0 Å². The number of aromatic nitrogens is 2. The second-order valence-electron chi connectivity index (χ2n) is 8.12. The number of anilines is 2. The summed E-state index contributed by atoms with van der Waals surface area (Å²) >= 11 is 0. The molecule has 1 atom stereocenters. The first-order chi connectivity index (χ1) is 16.6. The molecule has 1 unspecified atom stereocenters. The van der Waals surface area contributed by atoms with Crippen LogP contribution in [0.5, 0.6) is 0 Å². The molecule has 4 rings (SSSR count). The number of rotatable bonds is 8. The summed E-state index contributed by atoms with van der Waals surface area (Å²) in [6, 6.07) is 16.8. The molecule has 0 bridgehead atoms. The van der Waals surface area contributed by atoms with Gasteiger partial charge < -0.3 is 15.3 Å². The number of alkyl halides is 3. The first kappa shape index (κ1) is 24.5. The lowest BCUT2D eigenvalue weighted by molar-refractivity contribution is -0.250. The van der Waals surface area contributed by atoms with E-state index in [2.05, 4.69) is 10.4 Å². The van der Waals surface area contributed by atoms with E-state index < -0.39 is 36.5 Å². The van der Waals surface area contributed by atoms with Crippen molar-refractivity contribution in [3.8, 4) is 5.69 Å². The average Bonchev–Trinajstić information content (AvgIpc) is 3.27. The highest BCUT2D eigenvalue weighted by Gasteiger charge is 2.54. The quantitative estimate of drug-likeness (QED) is 0.319. The van der Waals surface area contributed by atoms with Gasteiger partial charge in [-0.2, -0.15) is 18.3 Å². The average molecular weight is 490 g/mol. The van der Waals surface area contributed by atoms with E-state index in [9.17, 15) is 27.1 Å². The SMILES string of the molecule is CCN(CC(O)(CNc1cccc2c1cnn2-c1ccccc1)C(F)(F)F)c1cc(F)ccc1F. The van der Waals surface area contributed by atoms with Crippen LogP contribution in [0.3, 0.4) is 0 Å². The Morgan fingerprint density at radius 3 is 2.43 bits per heavy atom. The minimum atomic E-state index is -5.06. The number of nitrogens with one attached hydrogen (secondary N) is 1. The van der Waals surface area contributed by atoms with Crippen LogP contribution in [0.4, 0.5) is 33.3 Å². The van der Waals surface area contributed by atoms with Crippen LogP contribution < -0.4 is 10.2 Å². The van der Waals surface area contributed by atoms with E-state index >= 15 is 0 Å². The molecular formula is C25H23F5N4O. The zero-order chi connectivity index (χ0) is 25.2. The lowest BCUT2D eigenvalue weighted by Gasteiger charge is -2.36. The Hall–Kier alpha value is -3.66. The van der Waals surface area contributed by atoms with Crippen molar-refractivity contribution in [2.45, 2.75) is 18.7 Å². The molecule has 0 aliphatic rings. The maximum absolute atomic E-state index is 14.2.